The molecule has 1 fully saturated rings. The topological polar surface area (TPSA) is 64.8 Å². The molecule has 0 saturated carbocycles. The molecule has 0 N–H and O–H groups in total. The van der Waals surface area contributed by atoms with E-state index in [0.717, 1.165) is 16.5 Å². The maximum Gasteiger partial charge on any atom is 0.191 e. The van der Waals surface area contributed by atoms with Gasteiger partial charge >= 0.3 is 0 Å². The maximum atomic E-state index is 13.1. The Labute approximate surface area is 149 Å². The van der Waals surface area contributed by atoms with E-state index in [2.05, 4.69) is 10.2 Å². The summed E-state index contributed by atoms with van der Waals surface area (Å²) < 4.78 is 38.0. The summed E-state index contributed by atoms with van der Waals surface area (Å²) in [5.74, 6) is 1.59. The fraction of sp³-hybridized carbons (Fsp3) is 0.467. The quantitative estimate of drug-likeness (QED) is 0.735. The summed E-state index contributed by atoms with van der Waals surface area (Å²) in [5.41, 5.74) is 0.828. The minimum Gasteiger partial charge on any atom is -0.309 e. The molecular weight excluding hydrogens is 373 g/mol. The van der Waals surface area contributed by atoms with Crippen molar-refractivity contribution in [2.45, 2.75) is 23.8 Å². The zero-order chi connectivity index (χ0) is 17.3. The molecule has 1 aromatic heterocycles. The molecule has 1 aliphatic heterocycles. The van der Waals surface area contributed by atoms with Crippen LogP contribution in [0.1, 0.15) is 17.8 Å². The van der Waals surface area contributed by atoms with Crippen molar-refractivity contribution in [3.8, 4) is 0 Å². The Morgan fingerprint density at radius 1 is 1.42 bits per heavy atom. The third-order valence-electron chi connectivity index (χ3n) is 4.09. The first-order valence-corrected chi connectivity index (χ1v) is 10.7. The monoisotopic (exact) mass is 389 g/mol. The van der Waals surface area contributed by atoms with Crippen LogP contribution in [0.4, 0.5) is 4.39 Å². The maximum absolute atomic E-state index is 13.1. The summed E-state index contributed by atoms with van der Waals surface area (Å²) in [6.07, 6.45) is 1.30. The first-order valence-electron chi connectivity index (χ1n) is 7.49. The highest BCUT2D eigenvalue weighted by atomic mass is 35.5. The van der Waals surface area contributed by atoms with Gasteiger partial charge in [0.2, 0.25) is 0 Å². The smallest absolute Gasteiger partial charge is 0.191 e. The molecule has 0 unspecified atom stereocenters. The Bertz CT molecular complexity index is 854. The van der Waals surface area contributed by atoms with Crippen LogP contribution in [0.25, 0.3) is 0 Å². The highest BCUT2D eigenvalue weighted by molar-refractivity contribution is 7.98. The molecule has 1 aliphatic rings. The molecule has 130 valence electrons. The highest BCUT2D eigenvalue weighted by Gasteiger charge is 2.29. The average Bonchev–Trinajstić information content (AvgIpc) is 3.02. The van der Waals surface area contributed by atoms with Crippen molar-refractivity contribution < 1.29 is 12.8 Å². The van der Waals surface area contributed by atoms with Crippen LogP contribution in [0.15, 0.2) is 23.4 Å². The van der Waals surface area contributed by atoms with Gasteiger partial charge in [-0.15, -0.1) is 10.2 Å². The first kappa shape index (κ1) is 17.7. The van der Waals surface area contributed by atoms with Crippen molar-refractivity contribution in [3.63, 3.8) is 0 Å². The fourth-order valence-electron chi connectivity index (χ4n) is 2.72. The molecule has 3 rings (SSSR count). The second-order valence-electron chi connectivity index (χ2n) is 5.96. The molecule has 5 nitrogen and oxygen atoms in total. The molecule has 1 saturated heterocycles. The first-order chi connectivity index (χ1) is 11.3. The van der Waals surface area contributed by atoms with Gasteiger partial charge in [0.1, 0.15) is 11.6 Å². The zero-order valence-electron chi connectivity index (χ0n) is 13.1. The lowest BCUT2D eigenvalue weighted by Crippen LogP contribution is -2.11. The van der Waals surface area contributed by atoms with Crippen LogP contribution in [0.2, 0.25) is 5.02 Å². The van der Waals surface area contributed by atoms with E-state index in [1.807, 2.05) is 11.6 Å². The van der Waals surface area contributed by atoms with Gasteiger partial charge in [-0.2, -0.15) is 0 Å². The van der Waals surface area contributed by atoms with E-state index in [9.17, 15) is 12.8 Å². The van der Waals surface area contributed by atoms with Gasteiger partial charge in [-0.05, 0) is 30.0 Å². The van der Waals surface area contributed by atoms with Gasteiger partial charge in [-0.25, -0.2) is 12.8 Å². The lowest BCUT2D eigenvalue weighted by atomic mass is 10.1. The van der Waals surface area contributed by atoms with Crippen LogP contribution in [-0.4, -0.2) is 34.7 Å². The second-order valence-corrected chi connectivity index (χ2v) is 9.53. The number of aromatic nitrogens is 3. The average molecular weight is 390 g/mol. The third kappa shape index (κ3) is 4.10. The van der Waals surface area contributed by atoms with Crippen molar-refractivity contribution in [3.05, 3.63) is 40.4 Å². The number of sulfone groups is 1. The van der Waals surface area contributed by atoms with E-state index in [0.29, 0.717) is 23.6 Å². The highest BCUT2D eigenvalue weighted by Crippen LogP contribution is 2.27. The van der Waals surface area contributed by atoms with Gasteiger partial charge in [0.25, 0.3) is 0 Å². The summed E-state index contributed by atoms with van der Waals surface area (Å²) in [6.45, 7) is 0. The minimum atomic E-state index is -2.88. The second kappa shape index (κ2) is 7.01. The SMILES string of the molecule is Cn1c(C[C@@H]2CCS(=O)(=O)C2)nnc1SCc1ccc(F)cc1Cl. The summed E-state index contributed by atoms with van der Waals surface area (Å²) >= 11 is 7.49. The summed E-state index contributed by atoms with van der Waals surface area (Å²) in [5, 5.41) is 9.46. The normalized spacial score (nSPS) is 19.7. The van der Waals surface area contributed by atoms with Crippen molar-refractivity contribution >= 4 is 33.2 Å². The molecule has 1 atom stereocenters. The largest absolute Gasteiger partial charge is 0.309 e. The minimum absolute atomic E-state index is 0.113. The van der Waals surface area contributed by atoms with Crippen LogP contribution in [-0.2, 0) is 29.1 Å². The molecule has 9 heteroatoms. The molecule has 0 bridgehead atoms. The van der Waals surface area contributed by atoms with Crippen molar-refractivity contribution in [1.29, 1.82) is 0 Å². The van der Waals surface area contributed by atoms with Crippen LogP contribution >= 0.6 is 23.4 Å². The van der Waals surface area contributed by atoms with Crippen molar-refractivity contribution in [1.82, 2.24) is 14.8 Å². The molecule has 0 aliphatic carbocycles. The Morgan fingerprint density at radius 2 is 2.21 bits per heavy atom. The van der Waals surface area contributed by atoms with Crippen molar-refractivity contribution in [2.75, 3.05) is 11.5 Å². The number of hydrogen-bond donors (Lipinski definition) is 0. The Balaban J connectivity index is 1.64. The summed E-state index contributed by atoms with van der Waals surface area (Å²) in [7, 11) is -1.02. The van der Waals surface area contributed by atoms with E-state index in [1.165, 1.54) is 23.9 Å². The Hall–Kier alpha value is -1.12. The Kier molecular flexibility index (Phi) is 5.17. The summed E-state index contributed by atoms with van der Waals surface area (Å²) in [6, 6.07) is 4.33. The molecule has 0 spiro atoms. The van der Waals surface area contributed by atoms with Crippen LogP contribution in [0.5, 0.6) is 0 Å². The van der Waals surface area contributed by atoms with Gasteiger partial charge in [0, 0.05) is 24.2 Å². The molecule has 0 radical (unpaired) electrons. The molecule has 1 aromatic carbocycles. The van der Waals surface area contributed by atoms with E-state index >= 15 is 0 Å². The number of hydrogen-bond acceptors (Lipinski definition) is 5. The van der Waals surface area contributed by atoms with E-state index in [-0.39, 0.29) is 23.2 Å². The van der Waals surface area contributed by atoms with Crippen LogP contribution in [0.3, 0.4) is 0 Å². The van der Waals surface area contributed by atoms with E-state index in [4.69, 9.17) is 11.6 Å². The van der Waals surface area contributed by atoms with Gasteiger partial charge in [0.15, 0.2) is 15.0 Å². The fourth-order valence-corrected chi connectivity index (χ4v) is 5.83. The van der Waals surface area contributed by atoms with E-state index < -0.39 is 9.84 Å². The zero-order valence-corrected chi connectivity index (χ0v) is 15.5. The predicted molar refractivity (Wildman–Crippen MR) is 92.4 cm³/mol. The number of benzene rings is 1. The number of thioether (sulfide) groups is 1. The molecule has 2 heterocycles. The Morgan fingerprint density at radius 3 is 2.88 bits per heavy atom. The van der Waals surface area contributed by atoms with Crippen LogP contribution in [0, 0.1) is 11.7 Å². The molecule has 0 amide bonds. The molecule has 24 heavy (non-hydrogen) atoms. The lowest BCUT2D eigenvalue weighted by molar-refractivity contribution is 0.552. The van der Waals surface area contributed by atoms with Gasteiger partial charge < -0.3 is 4.57 Å². The summed E-state index contributed by atoms with van der Waals surface area (Å²) in [4.78, 5) is 0. The predicted octanol–water partition coefficient (Wildman–Crippen LogP) is 2.88. The number of halogens is 2. The van der Waals surface area contributed by atoms with Gasteiger partial charge in [-0.1, -0.05) is 29.4 Å². The van der Waals surface area contributed by atoms with Crippen molar-refractivity contribution in [2.24, 2.45) is 13.0 Å². The van der Waals surface area contributed by atoms with E-state index in [1.54, 1.807) is 6.07 Å². The molecule has 2 aromatic rings. The third-order valence-corrected chi connectivity index (χ3v) is 7.35. The molecular formula is C15H17ClFN3O2S2. The van der Waals surface area contributed by atoms with Crippen LogP contribution < -0.4 is 0 Å². The lowest BCUT2D eigenvalue weighted by Gasteiger charge is -2.08. The van der Waals surface area contributed by atoms with Gasteiger partial charge in [0.05, 0.1) is 11.5 Å². The standard InChI is InChI=1S/C15H17ClFN3O2S2/c1-20-14(6-10-4-5-24(21,22)9-10)18-19-15(20)23-8-11-2-3-12(17)7-13(11)16/h2-3,7,10H,4-6,8-9H2,1H3/t10-/m0/s1. The number of nitrogens with zero attached hydrogens (tertiary/aromatic N) is 3. The number of rotatable bonds is 5. The van der Waals surface area contributed by atoms with Gasteiger partial charge in [-0.3, -0.25) is 0 Å².